The van der Waals surface area contributed by atoms with Crippen LogP contribution in [0.25, 0.3) is 0 Å². The third-order valence-corrected chi connectivity index (χ3v) is 3.19. The molecule has 1 amide bonds. The lowest BCUT2D eigenvalue weighted by Crippen LogP contribution is -2.48. The van der Waals surface area contributed by atoms with Gasteiger partial charge in [-0.1, -0.05) is 24.3 Å². The third kappa shape index (κ3) is 2.65. The number of aliphatic hydroxyl groups excluding tert-OH is 1. The van der Waals surface area contributed by atoms with Gasteiger partial charge in [-0.15, -0.1) is 0 Å². The molecule has 0 aromatic heterocycles. The number of hydrogen-bond acceptors (Lipinski definition) is 3. The van der Waals surface area contributed by atoms with Crippen molar-refractivity contribution in [3.8, 4) is 0 Å². The summed E-state index contributed by atoms with van der Waals surface area (Å²) < 4.78 is 0. The number of amides is 1. The fraction of sp³-hybridized carbons (Fsp3) is 0.462. The molecule has 1 aromatic rings. The minimum absolute atomic E-state index is 0.00550. The van der Waals surface area contributed by atoms with Crippen molar-refractivity contribution in [2.24, 2.45) is 0 Å². The fourth-order valence-electron chi connectivity index (χ4n) is 2.16. The van der Waals surface area contributed by atoms with Crippen molar-refractivity contribution in [3.63, 3.8) is 0 Å². The van der Waals surface area contributed by atoms with Crippen LogP contribution in [-0.2, 0) is 17.8 Å². The van der Waals surface area contributed by atoms with E-state index in [0.29, 0.717) is 6.54 Å². The summed E-state index contributed by atoms with van der Waals surface area (Å²) in [4.78, 5) is 13.6. The summed E-state index contributed by atoms with van der Waals surface area (Å²) in [6.07, 6.45) is 0.727. The molecular weight excluding hydrogens is 216 g/mol. The minimum Gasteiger partial charge on any atom is -0.395 e. The average molecular weight is 234 g/mol. The molecule has 4 nitrogen and oxygen atoms in total. The van der Waals surface area contributed by atoms with E-state index in [2.05, 4.69) is 17.4 Å². The summed E-state index contributed by atoms with van der Waals surface area (Å²) in [5.74, 6) is 0.0496. The number of hydrogen-bond donors (Lipinski definition) is 2. The van der Waals surface area contributed by atoms with Gasteiger partial charge in [-0.05, 0) is 17.5 Å². The van der Waals surface area contributed by atoms with Gasteiger partial charge in [0.2, 0.25) is 5.91 Å². The number of likely N-dealkylation sites (N-methyl/N-ethyl adjacent to an activating group) is 1. The van der Waals surface area contributed by atoms with E-state index in [1.54, 1.807) is 11.9 Å². The van der Waals surface area contributed by atoms with Crippen LogP contribution in [0.3, 0.4) is 0 Å². The summed E-state index contributed by atoms with van der Waals surface area (Å²) in [6.45, 7) is 1.13. The second-order valence-electron chi connectivity index (χ2n) is 4.39. The Balaban J connectivity index is 2.05. The second-order valence-corrected chi connectivity index (χ2v) is 4.39. The van der Waals surface area contributed by atoms with Crippen LogP contribution in [0.1, 0.15) is 11.1 Å². The van der Waals surface area contributed by atoms with Gasteiger partial charge in [-0.2, -0.15) is 0 Å². The zero-order valence-corrected chi connectivity index (χ0v) is 10.0. The molecule has 0 radical (unpaired) electrons. The smallest absolute Gasteiger partial charge is 0.239 e. The molecule has 92 valence electrons. The Morgan fingerprint density at radius 3 is 2.88 bits per heavy atom. The molecule has 1 aromatic carbocycles. The van der Waals surface area contributed by atoms with Crippen molar-refractivity contribution < 1.29 is 9.90 Å². The first-order valence-electron chi connectivity index (χ1n) is 5.88. The van der Waals surface area contributed by atoms with Gasteiger partial charge >= 0.3 is 0 Å². The molecule has 4 heteroatoms. The lowest BCUT2D eigenvalue weighted by Gasteiger charge is -2.28. The van der Waals surface area contributed by atoms with E-state index in [1.165, 1.54) is 11.1 Å². The molecule has 0 aliphatic carbocycles. The van der Waals surface area contributed by atoms with Crippen LogP contribution in [0.2, 0.25) is 0 Å². The highest BCUT2D eigenvalue weighted by Gasteiger charge is 2.25. The fourth-order valence-corrected chi connectivity index (χ4v) is 2.16. The Bertz CT molecular complexity index is 406. The second kappa shape index (κ2) is 5.29. The van der Waals surface area contributed by atoms with Gasteiger partial charge in [0.15, 0.2) is 0 Å². The molecule has 0 bridgehead atoms. The maximum Gasteiger partial charge on any atom is 0.239 e. The van der Waals surface area contributed by atoms with Crippen LogP contribution in [0, 0.1) is 0 Å². The van der Waals surface area contributed by atoms with Gasteiger partial charge in [-0.3, -0.25) is 4.79 Å². The van der Waals surface area contributed by atoms with Gasteiger partial charge in [0.25, 0.3) is 0 Å². The summed E-state index contributed by atoms with van der Waals surface area (Å²) in [5.41, 5.74) is 2.50. The Hall–Kier alpha value is -1.39. The number of carbonyl (C=O) groups excluding carboxylic acids is 1. The topological polar surface area (TPSA) is 52.6 Å². The summed E-state index contributed by atoms with van der Waals surface area (Å²) in [5, 5.41) is 12.1. The predicted octanol–water partition coefficient (Wildman–Crippen LogP) is 0.152. The zero-order chi connectivity index (χ0) is 12.3. The molecule has 1 aliphatic heterocycles. The van der Waals surface area contributed by atoms with Crippen molar-refractivity contribution in [1.82, 2.24) is 10.2 Å². The Labute approximate surface area is 101 Å². The molecule has 0 fully saturated rings. The van der Waals surface area contributed by atoms with E-state index in [9.17, 15) is 4.79 Å². The number of carbonyl (C=O) groups is 1. The SMILES string of the molecule is CN(CCO)C(=O)C1Cc2ccccc2CN1. The van der Waals surface area contributed by atoms with Crippen LogP contribution in [0.4, 0.5) is 0 Å². The van der Waals surface area contributed by atoms with Crippen molar-refractivity contribution in [2.45, 2.75) is 19.0 Å². The summed E-state index contributed by atoms with van der Waals surface area (Å²) in [7, 11) is 1.72. The summed E-state index contributed by atoms with van der Waals surface area (Å²) in [6, 6.07) is 8.01. The van der Waals surface area contributed by atoms with Crippen molar-refractivity contribution in [1.29, 1.82) is 0 Å². The number of aliphatic hydroxyl groups is 1. The molecule has 17 heavy (non-hydrogen) atoms. The largest absolute Gasteiger partial charge is 0.395 e. The van der Waals surface area contributed by atoms with Gasteiger partial charge in [0.05, 0.1) is 12.6 Å². The van der Waals surface area contributed by atoms with Gasteiger partial charge in [0.1, 0.15) is 0 Å². The molecule has 1 atom stereocenters. The molecular formula is C13H18N2O2. The van der Waals surface area contributed by atoms with Crippen molar-refractivity contribution in [3.05, 3.63) is 35.4 Å². The van der Waals surface area contributed by atoms with Gasteiger partial charge in [-0.25, -0.2) is 0 Å². The van der Waals surface area contributed by atoms with Crippen molar-refractivity contribution in [2.75, 3.05) is 20.2 Å². The van der Waals surface area contributed by atoms with Crippen LogP contribution < -0.4 is 5.32 Å². The molecule has 1 heterocycles. The maximum absolute atomic E-state index is 12.1. The van der Waals surface area contributed by atoms with Crippen LogP contribution >= 0.6 is 0 Å². The van der Waals surface area contributed by atoms with Gasteiger partial charge in [0, 0.05) is 20.1 Å². The lowest BCUT2D eigenvalue weighted by molar-refractivity contribution is -0.132. The average Bonchev–Trinajstić information content (AvgIpc) is 2.37. The monoisotopic (exact) mass is 234 g/mol. The van der Waals surface area contributed by atoms with Crippen molar-refractivity contribution >= 4 is 5.91 Å². The molecule has 0 spiro atoms. The van der Waals surface area contributed by atoms with E-state index in [0.717, 1.165) is 13.0 Å². The third-order valence-electron chi connectivity index (χ3n) is 3.19. The normalized spacial score (nSPS) is 18.6. The molecule has 0 saturated carbocycles. The maximum atomic E-state index is 12.1. The molecule has 2 rings (SSSR count). The number of nitrogens with one attached hydrogen (secondary N) is 1. The van der Waals surface area contributed by atoms with E-state index < -0.39 is 0 Å². The van der Waals surface area contributed by atoms with Gasteiger partial charge < -0.3 is 15.3 Å². The predicted molar refractivity (Wildman–Crippen MR) is 65.5 cm³/mol. The van der Waals surface area contributed by atoms with E-state index in [1.807, 2.05) is 12.1 Å². The highest BCUT2D eigenvalue weighted by molar-refractivity contribution is 5.82. The van der Waals surface area contributed by atoms with E-state index in [-0.39, 0.29) is 18.6 Å². The Morgan fingerprint density at radius 1 is 1.47 bits per heavy atom. The highest BCUT2D eigenvalue weighted by Crippen LogP contribution is 2.16. The quantitative estimate of drug-likeness (QED) is 0.783. The molecule has 2 N–H and O–H groups in total. The number of nitrogens with zero attached hydrogens (tertiary/aromatic N) is 1. The van der Waals surface area contributed by atoms with Crippen LogP contribution in [0.5, 0.6) is 0 Å². The molecule has 0 saturated heterocycles. The van der Waals surface area contributed by atoms with Crippen LogP contribution in [-0.4, -0.2) is 42.2 Å². The zero-order valence-electron chi connectivity index (χ0n) is 10.0. The molecule has 1 aliphatic rings. The Kier molecular flexibility index (Phi) is 3.76. The first kappa shape index (κ1) is 12.1. The Morgan fingerprint density at radius 2 is 2.18 bits per heavy atom. The summed E-state index contributed by atoms with van der Waals surface area (Å²) >= 11 is 0. The number of benzene rings is 1. The first-order valence-corrected chi connectivity index (χ1v) is 5.88. The standard InChI is InChI=1S/C13H18N2O2/c1-15(6-7-16)13(17)12-8-10-4-2-3-5-11(10)9-14-12/h2-5,12,14,16H,6-9H2,1H3. The number of rotatable bonds is 3. The lowest BCUT2D eigenvalue weighted by atomic mass is 9.95. The first-order chi connectivity index (χ1) is 8.22. The minimum atomic E-state index is -0.165. The highest BCUT2D eigenvalue weighted by atomic mass is 16.3. The number of fused-ring (bicyclic) bond motifs is 1. The van der Waals surface area contributed by atoms with E-state index >= 15 is 0 Å². The van der Waals surface area contributed by atoms with Crippen LogP contribution in [0.15, 0.2) is 24.3 Å². The molecule has 1 unspecified atom stereocenters. The van der Waals surface area contributed by atoms with E-state index in [4.69, 9.17) is 5.11 Å².